The molecule has 5 nitrogen and oxygen atoms in total. The van der Waals surface area contributed by atoms with Crippen molar-refractivity contribution in [2.75, 3.05) is 25.0 Å². The van der Waals surface area contributed by atoms with Crippen LogP contribution in [0.1, 0.15) is 36.0 Å². The molecule has 2 amide bonds. The zero-order chi connectivity index (χ0) is 17.0. The van der Waals surface area contributed by atoms with Crippen molar-refractivity contribution in [2.24, 2.45) is 11.3 Å². The molecule has 1 aromatic carbocycles. The number of benzene rings is 1. The molecule has 3 rings (SSSR count). The van der Waals surface area contributed by atoms with E-state index in [-0.39, 0.29) is 29.6 Å². The smallest absolute Gasteiger partial charge is 0.251 e. The molecule has 0 radical (unpaired) electrons. The lowest BCUT2D eigenvalue weighted by molar-refractivity contribution is -0.128. The normalized spacial score (nSPS) is 24.6. The fourth-order valence-electron chi connectivity index (χ4n) is 3.92. The van der Waals surface area contributed by atoms with Gasteiger partial charge in [0, 0.05) is 24.3 Å². The van der Waals surface area contributed by atoms with Gasteiger partial charge in [-0.3, -0.25) is 9.59 Å². The van der Waals surface area contributed by atoms with Crippen LogP contribution in [0.2, 0.25) is 0 Å². The first-order valence-corrected chi connectivity index (χ1v) is 8.67. The number of carbonyl (C=O) groups excluding carboxylic acids is 2. The molecular formula is C19H26ClN3O2. The van der Waals surface area contributed by atoms with Crippen LogP contribution in [0, 0.1) is 11.3 Å². The number of fused-ring (bicyclic) bond motifs is 1. The molecule has 6 heteroatoms. The Balaban J connectivity index is 0.00000225. The van der Waals surface area contributed by atoms with Crippen molar-refractivity contribution in [3.05, 3.63) is 42.5 Å². The molecule has 1 saturated heterocycles. The molecular weight excluding hydrogens is 338 g/mol. The highest BCUT2D eigenvalue weighted by molar-refractivity contribution is 5.98. The van der Waals surface area contributed by atoms with E-state index in [1.807, 2.05) is 0 Å². The molecule has 0 spiro atoms. The minimum Gasteiger partial charge on any atom is -0.349 e. The van der Waals surface area contributed by atoms with Gasteiger partial charge >= 0.3 is 0 Å². The monoisotopic (exact) mass is 363 g/mol. The number of anilines is 1. The topological polar surface area (TPSA) is 70.2 Å². The number of hydrogen-bond donors (Lipinski definition) is 3. The van der Waals surface area contributed by atoms with Gasteiger partial charge in [0.2, 0.25) is 5.91 Å². The van der Waals surface area contributed by atoms with Crippen LogP contribution < -0.4 is 16.0 Å². The quantitative estimate of drug-likeness (QED) is 0.704. The van der Waals surface area contributed by atoms with Crippen LogP contribution in [0.4, 0.5) is 5.69 Å². The van der Waals surface area contributed by atoms with E-state index in [9.17, 15) is 9.59 Å². The zero-order valence-electron chi connectivity index (χ0n) is 14.3. The molecule has 1 aliphatic carbocycles. The fourth-order valence-corrected chi connectivity index (χ4v) is 3.92. The van der Waals surface area contributed by atoms with Gasteiger partial charge in [-0.15, -0.1) is 19.0 Å². The molecule has 1 aromatic rings. The van der Waals surface area contributed by atoms with Gasteiger partial charge in [-0.1, -0.05) is 18.9 Å². The lowest BCUT2D eigenvalue weighted by Gasteiger charge is -2.37. The van der Waals surface area contributed by atoms with Crippen molar-refractivity contribution >= 4 is 29.9 Å². The highest BCUT2D eigenvalue weighted by atomic mass is 35.5. The average Bonchev–Trinajstić information content (AvgIpc) is 3.05. The molecule has 1 saturated carbocycles. The van der Waals surface area contributed by atoms with E-state index in [0.29, 0.717) is 18.0 Å². The van der Waals surface area contributed by atoms with Crippen LogP contribution in [-0.2, 0) is 4.79 Å². The minimum absolute atomic E-state index is 0. The molecule has 1 heterocycles. The SMILES string of the molecule is C=CCNC(=O)c1ccc(NC(=O)[C@@]23CCCC[C@H]2CNC3)cc1.Cl. The van der Waals surface area contributed by atoms with Gasteiger partial charge in [0.25, 0.3) is 5.91 Å². The lowest BCUT2D eigenvalue weighted by atomic mass is 9.67. The van der Waals surface area contributed by atoms with Gasteiger partial charge in [-0.05, 0) is 49.6 Å². The summed E-state index contributed by atoms with van der Waals surface area (Å²) in [5.41, 5.74) is 1.05. The van der Waals surface area contributed by atoms with E-state index in [0.717, 1.165) is 38.0 Å². The molecule has 136 valence electrons. The maximum absolute atomic E-state index is 12.9. The Labute approximate surface area is 155 Å². The van der Waals surface area contributed by atoms with Crippen molar-refractivity contribution in [2.45, 2.75) is 25.7 Å². The van der Waals surface area contributed by atoms with E-state index >= 15 is 0 Å². The minimum atomic E-state index is -0.266. The number of hydrogen-bond acceptors (Lipinski definition) is 3. The first-order chi connectivity index (χ1) is 11.7. The van der Waals surface area contributed by atoms with E-state index in [2.05, 4.69) is 22.5 Å². The third kappa shape index (κ3) is 4.05. The first kappa shape index (κ1) is 19.5. The summed E-state index contributed by atoms with van der Waals surface area (Å²) in [6.45, 7) is 5.72. The maximum Gasteiger partial charge on any atom is 0.251 e. The molecule has 2 fully saturated rings. The Morgan fingerprint density at radius 2 is 2.04 bits per heavy atom. The predicted molar refractivity (Wildman–Crippen MR) is 102 cm³/mol. The summed E-state index contributed by atoms with van der Waals surface area (Å²) < 4.78 is 0. The van der Waals surface area contributed by atoms with Gasteiger partial charge in [-0.25, -0.2) is 0 Å². The summed E-state index contributed by atoms with van der Waals surface area (Å²) in [4.78, 5) is 24.8. The van der Waals surface area contributed by atoms with Crippen molar-refractivity contribution in [3.8, 4) is 0 Å². The lowest BCUT2D eigenvalue weighted by Crippen LogP contribution is -2.44. The molecule has 25 heavy (non-hydrogen) atoms. The van der Waals surface area contributed by atoms with Gasteiger partial charge in [0.15, 0.2) is 0 Å². The largest absolute Gasteiger partial charge is 0.349 e. The number of halogens is 1. The van der Waals surface area contributed by atoms with Gasteiger partial charge in [0.1, 0.15) is 0 Å². The Kier molecular flexibility index (Phi) is 6.62. The van der Waals surface area contributed by atoms with E-state index < -0.39 is 0 Å². The van der Waals surface area contributed by atoms with Gasteiger partial charge in [0.05, 0.1) is 5.41 Å². The highest BCUT2D eigenvalue weighted by Crippen LogP contribution is 2.44. The van der Waals surface area contributed by atoms with E-state index in [4.69, 9.17) is 0 Å². The highest BCUT2D eigenvalue weighted by Gasteiger charge is 2.49. The van der Waals surface area contributed by atoms with Gasteiger partial charge in [-0.2, -0.15) is 0 Å². The number of rotatable bonds is 5. The van der Waals surface area contributed by atoms with Crippen molar-refractivity contribution in [1.82, 2.24) is 10.6 Å². The summed E-state index contributed by atoms with van der Waals surface area (Å²) >= 11 is 0. The molecule has 1 aliphatic heterocycles. The van der Waals surface area contributed by atoms with Crippen LogP contribution in [0.3, 0.4) is 0 Å². The van der Waals surface area contributed by atoms with Crippen LogP contribution in [0.25, 0.3) is 0 Å². The first-order valence-electron chi connectivity index (χ1n) is 8.67. The maximum atomic E-state index is 12.9. The van der Waals surface area contributed by atoms with Crippen LogP contribution in [0.15, 0.2) is 36.9 Å². The summed E-state index contributed by atoms with van der Waals surface area (Å²) in [7, 11) is 0. The Bertz CT molecular complexity index is 632. The van der Waals surface area contributed by atoms with Crippen LogP contribution in [-0.4, -0.2) is 31.4 Å². The average molecular weight is 364 g/mol. The summed E-state index contributed by atoms with van der Waals surface area (Å²) in [5.74, 6) is 0.412. The fraction of sp³-hybridized carbons (Fsp3) is 0.474. The number of carbonyl (C=O) groups is 2. The molecule has 0 aromatic heterocycles. The molecule has 0 bridgehead atoms. The van der Waals surface area contributed by atoms with Crippen molar-refractivity contribution in [1.29, 1.82) is 0 Å². The number of amides is 2. The predicted octanol–water partition coefficient (Wildman–Crippen LogP) is 2.74. The van der Waals surface area contributed by atoms with Crippen LogP contribution in [0.5, 0.6) is 0 Å². The second-order valence-corrected chi connectivity index (χ2v) is 6.76. The van der Waals surface area contributed by atoms with Crippen LogP contribution >= 0.6 is 12.4 Å². The summed E-state index contributed by atoms with van der Waals surface area (Å²) in [6.07, 6.45) is 6.06. The second kappa shape index (κ2) is 8.50. The Morgan fingerprint density at radius 1 is 1.28 bits per heavy atom. The molecule has 2 aliphatic rings. The zero-order valence-corrected chi connectivity index (χ0v) is 15.2. The van der Waals surface area contributed by atoms with E-state index in [1.165, 1.54) is 6.42 Å². The van der Waals surface area contributed by atoms with Crippen molar-refractivity contribution in [3.63, 3.8) is 0 Å². The Hall–Kier alpha value is -1.85. The van der Waals surface area contributed by atoms with Gasteiger partial charge < -0.3 is 16.0 Å². The van der Waals surface area contributed by atoms with Crippen molar-refractivity contribution < 1.29 is 9.59 Å². The third-order valence-corrected chi connectivity index (χ3v) is 5.30. The Morgan fingerprint density at radius 3 is 2.76 bits per heavy atom. The molecule has 2 atom stereocenters. The molecule has 0 unspecified atom stereocenters. The van der Waals surface area contributed by atoms with E-state index in [1.54, 1.807) is 30.3 Å². The standard InChI is InChI=1S/C19H25N3O2.ClH/c1-2-11-21-17(23)14-6-8-16(9-7-14)22-18(24)19-10-4-3-5-15(19)12-20-13-19;/h2,6-9,15,20H,1,3-5,10-13H2,(H,21,23)(H,22,24);1H/t15-,19+;/m0./s1. The molecule has 3 N–H and O–H groups in total. The third-order valence-electron chi connectivity index (χ3n) is 5.30. The second-order valence-electron chi connectivity index (χ2n) is 6.76. The number of nitrogens with one attached hydrogen (secondary N) is 3. The summed E-state index contributed by atoms with van der Waals surface area (Å²) in [6, 6.07) is 7.04. The summed E-state index contributed by atoms with van der Waals surface area (Å²) in [5, 5.41) is 9.19.